The molecular formula is C13H19N3O2. The van der Waals surface area contributed by atoms with Crippen LogP contribution in [0.25, 0.3) is 0 Å². The van der Waals surface area contributed by atoms with Gasteiger partial charge >= 0.3 is 6.03 Å². The largest absolute Gasteiger partial charge is 0.493 e. The Bertz CT molecular complexity index is 428. The maximum absolute atomic E-state index is 11.8. The summed E-state index contributed by atoms with van der Waals surface area (Å²) >= 11 is 0. The molecule has 0 aromatic carbocycles. The minimum Gasteiger partial charge on any atom is -0.493 e. The molecule has 0 bridgehead atoms. The molecule has 1 aromatic heterocycles. The highest BCUT2D eigenvalue weighted by molar-refractivity contribution is 5.89. The minimum atomic E-state index is -0.210. The summed E-state index contributed by atoms with van der Waals surface area (Å²) in [6.45, 7) is 1.87. The fraction of sp³-hybridized carbons (Fsp3) is 0.538. The smallest absolute Gasteiger partial charge is 0.320 e. The first-order chi connectivity index (χ1) is 8.69. The van der Waals surface area contributed by atoms with Gasteiger partial charge in [-0.15, -0.1) is 0 Å². The van der Waals surface area contributed by atoms with E-state index in [2.05, 4.69) is 15.6 Å². The second kappa shape index (κ2) is 5.71. The summed E-state index contributed by atoms with van der Waals surface area (Å²) in [5, 5.41) is 5.70. The maximum Gasteiger partial charge on any atom is 0.320 e. The Balaban J connectivity index is 1.99. The van der Waals surface area contributed by atoms with Gasteiger partial charge in [-0.2, -0.15) is 0 Å². The standard InChI is InChI=1S/C13H19N3O2/c1-9-7-8-11(18-2)12(14-9)16-13(17)15-10-5-3-4-6-10/h7-8,10H,3-6H2,1-2H3,(H2,14,15,16,17). The summed E-state index contributed by atoms with van der Waals surface area (Å²) in [7, 11) is 1.56. The number of aromatic nitrogens is 1. The van der Waals surface area contributed by atoms with E-state index < -0.39 is 0 Å². The highest BCUT2D eigenvalue weighted by Crippen LogP contribution is 2.22. The topological polar surface area (TPSA) is 63.2 Å². The summed E-state index contributed by atoms with van der Waals surface area (Å²) in [4.78, 5) is 16.1. The van der Waals surface area contributed by atoms with Crippen molar-refractivity contribution in [2.24, 2.45) is 0 Å². The lowest BCUT2D eigenvalue weighted by Gasteiger charge is -2.14. The van der Waals surface area contributed by atoms with Gasteiger partial charge < -0.3 is 10.1 Å². The number of urea groups is 1. The first-order valence-corrected chi connectivity index (χ1v) is 6.28. The molecule has 1 aliphatic carbocycles. The average molecular weight is 249 g/mol. The summed E-state index contributed by atoms with van der Waals surface area (Å²) in [5.41, 5.74) is 0.840. The van der Waals surface area contributed by atoms with Crippen molar-refractivity contribution in [2.75, 3.05) is 12.4 Å². The Labute approximate surface area is 107 Å². The molecule has 5 heteroatoms. The number of nitrogens with one attached hydrogen (secondary N) is 2. The number of carbonyl (C=O) groups excluding carboxylic acids is 1. The highest BCUT2D eigenvalue weighted by atomic mass is 16.5. The minimum absolute atomic E-state index is 0.210. The third kappa shape index (κ3) is 3.12. The predicted molar refractivity (Wildman–Crippen MR) is 69.9 cm³/mol. The molecular weight excluding hydrogens is 230 g/mol. The van der Waals surface area contributed by atoms with Crippen molar-refractivity contribution in [3.05, 3.63) is 17.8 Å². The lowest BCUT2D eigenvalue weighted by atomic mass is 10.2. The number of anilines is 1. The number of nitrogens with zero attached hydrogens (tertiary/aromatic N) is 1. The van der Waals surface area contributed by atoms with Gasteiger partial charge in [0.05, 0.1) is 7.11 Å². The van der Waals surface area contributed by atoms with E-state index in [1.54, 1.807) is 13.2 Å². The Hall–Kier alpha value is -1.78. The number of pyridine rings is 1. The van der Waals surface area contributed by atoms with Crippen LogP contribution < -0.4 is 15.4 Å². The number of rotatable bonds is 3. The molecule has 0 unspecified atom stereocenters. The van der Waals surface area contributed by atoms with Crippen LogP contribution in [0.1, 0.15) is 31.4 Å². The van der Waals surface area contributed by atoms with Gasteiger partial charge in [0.25, 0.3) is 0 Å². The van der Waals surface area contributed by atoms with Crippen LogP contribution in [-0.4, -0.2) is 24.2 Å². The van der Waals surface area contributed by atoms with Gasteiger partial charge in [0.1, 0.15) is 0 Å². The third-order valence-electron chi connectivity index (χ3n) is 3.14. The van der Waals surface area contributed by atoms with Crippen molar-refractivity contribution in [1.82, 2.24) is 10.3 Å². The van der Waals surface area contributed by atoms with Gasteiger partial charge in [0.2, 0.25) is 0 Å². The van der Waals surface area contributed by atoms with E-state index in [1.165, 1.54) is 12.8 Å². The van der Waals surface area contributed by atoms with Crippen LogP contribution in [0.4, 0.5) is 10.6 Å². The molecule has 2 N–H and O–H groups in total. The molecule has 5 nitrogen and oxygen atoms in total. The van der Waals surface area contributed by atoms with Gasteiger partial charge in [-0.3, -0.25) is 5.32 Å². The van der Waals surface area contributed by atoms with E-state index in [4.69, 9.17) is 4.74 Å². The van der Waals surface area contributed by atoms with E-state index >= 15 is 0 Å². The molecule has 0 atom stereocenters. The number of ether oxygens (including phenoxy) is 1. The van der Waals surface area contributed by atoms with E-state index in [0.29, 0.717) is 17.6 Å². The number of carbonyl (C=O) groups is 1. The average Bonchev–Trinajstić information content (AvgIpc) is 2.82. The van der Waals surface area contributed by atoms with E-state index in [0.717, 1.165) is 18.5 Å². The Morgan fingerprint density at radius 2 is 2.11 bits per heavy atom. The van der Waals surface area contributed by atoms with E-state index in [9.17, 15) is 4.79 Å². The summed E-state index contributed by atoms with van der Waals surface area (Å²) in [6, 6.07) is 3.73. The molecule has 2 rings (SSSR count). The van der Waals surface area contributed by atoms with Crippen LogP contribution in [-0.2, 0) is 0 Å². The molecule has 1 aliphatic rings. The van der Waals surface area contributed by atoms with Crippen LogP contribution in [0, 0.1) is 6.92 Å². The summed E-state index contributed by atoms with van der Waals surface area (Å²) in [6.07, 6.45) is 4.51. The zero-order chi connectivity index (χ0) is 13.0. The summed E-state index contributed by atoms with van der Waals surface area (Å²) < 4.78 is 5.17. The normalized spacial score (nSPS) is 15.4. The van der Waals surface area contributed by atoms with Crippen LogP contribution in [0.2, 0.25) is 0 Å². The van der Waals surface area contributed by atoms with Crippen molar-refractivity contribution in [1.29, 1.82) is 0 Å². The van der Waals surface area contributed by atoms with Crippen LogP contribution in [0.5, 0.6) is 5.75 Å². The Kier molecular flexibility index (Phi) is 4.02. The lowest BCUT2D eigenvalue weighted by Crippen LogP contribution is -2.36. The van der Waals surface area contributed by atoms with Crippen molar-refractivity contribution in [3.63, 3.8) is 0 Å². The van der Waals surface area contributed by atoms with Crippen LogP contribution >= 0.6 is 0 Å². The van der Waals surface area contributed by atoms with Crippen molar-refractivity contribution in [3.8, 4) is 5.75 Å². The molecule has 1 aromatic rings. The molecule has 98 valence electrons. The Morgan fingerprint density at radius 1 is 1.39 bits per heavy atom. The molecule has 2 amide bonds. The van der Waals surface area contributed by atoms with Crippen molar-refractivity contribution < 1.29 is 9.53 Å². The van der Waals surface area contributed by atoms with Gasteiger partial charge in [-0.1, -0.05) is 12.8 Å². The fourth-order valence-electron chi connectivity index (χ4n) is 2.20. The third-order valence-corrected chi connectivity index (χ3v) is 3.14. The number of aryl methyl sites for hydroxylation is 1. The van der Waals surface area contributed by atoms with Crippen LogP contribution in [0.15, 0.2) is 12.1 Å². The van der Waals surface area contributed by atoms with Crippen molar-refractivity contribution >= 4 is 11.8 Å². The van der Waals surface area contributed by atoms with Gasteiger partial charge in [0, 0.05) is 11.7 Å². The maximum atomic E-state index is 11.8. The molecule has 0 aliphatic heterocycles. The lowest BCUT2D eigenvalue weighted by molar-refractivity contribution is 0.248. The van der Waals surface area contributed by atoms with E-state index in [-0.39, 0.29) is 6.03 Å². The van der Waals surface area contributed by atoms with Gasteiger partial charge in [-0.25, -0.2) is 9.78 Å². The molecule has 1 heterocycles. The SMILES string of the molecule is COc1ccc(C)nc1NC(=O)NC1CCCC1. The zero-order valence-electron chi connectivity index (χ0n) is 10.8. The zero-order valence-corrected chi connectivity index (χ0v) is 10.8. The first kappa shape index (κ1) is 12.7. The molecule has 0 radical (unpaired) electrons. The molecule has 0 spiro atoms. The Morgan fingerprint density at radius 3 is 2.78 bits per heavy atom. The number of hydrogen-bond donors (Lipinski definition) is 2. The van der Waals surface area contributed by atoms with E-state index in [1.807, 2.05) is 13.0 Å². The molecule has 18 heavy (non-hydrogen) atoms. The molecule has 1 saturated carbocycles. The molecule has 0 saturated heterocycles. The first-order valence-electron chi connectivity index (χ1n) is 6.28. The summed E-state index contributed by atoms with van der Waals surface area (Å²) in [5.74, 6) is 1.04. The number of methoxy groups -OCH3 is 1. The quantitative estimate of drug-likeness (QED) is 0.865. The molecule has 1 fully saturated rings. The fourth-order valence-corrected chi connectivity index (χ4v) is 2.20. The van der Waals surface area contributed by atoms with Crippen molar-refractivity contribution in [2.45, 2.75) is 38.6 Å². The number of amides is 2. The second-order valence-corrected chi connectivity index (χ2v) is 4.58. The van der Waals surface area contributed by atoms with Gasteiger partial charge in [-0.05, 0) is 31.9 Å². The monoisotopic (exact) mass is 249 g/mol. The number of hydrogen-bond acceptors (Lipinski definition) is 3. The highest BCUT2D eigenvalue weighted by Gasteiger charge is 2.18. The van der Waals surface area contributed by atoms with Crippen LogP contribution in [0.3, 0.4) is 0 Å². The predicted octanol–water partition coefficient (Wildman–Crippen LogP) is 2.46. The second-order valence-electron chi connectivity index (χ2n) is 4.58. The van der Waals surface area contributed by atoms with Gasteiger partial charge in [0.15, 0.2) is 11.6 Å².